The zero-order valence-corrected chi connectivity index (χ0v) is 15.8. The number of aryl methyl sites for hydroxylation is 1. The monoisotopic (exact) mass is 364 g/mol. The average Bonchev–Trinajstić information content (AvgIpc) is 3.05. The molecule has 2 aromatic heterocycles. The minimum Gasteiger partial charge on any atom is -0.442 e. The van der Waals surface area contributed by atoms with Crippen LogP contribution in [0.25, 0.3) is 11.1 Å². The van der Waals surface area contributed by atoms with Gasteiger partial charge in [0.25, 0.3) is 5.91 Å². The molecule has 1 fully saturated rings. The van der Waals surface area contributed by atoms with Gasteiger partial charge in [0.05, 0.1) is 10.9 Å². The van der Waals surface area contributed by atoms with E-state index in [0.29, 0.717) is 23.6 Å². The standard InChI is InChI=1S/C21H24N4O2/c1-3-25(16-10-6-4-7-11-16)21(26)17-15(2)27-20-18(17)19(22-14-23-20)24-12-8-5-9-13-24/h4,6-7,10-11,14H,3,5,8-9,12-13H2,1-2H3. The van der Waals surface area contributed by atoms with Crippen LogP contribution in [0.5, 0.6) is 0 Å². The number of furan rings is 1. The molecule has 1 amide bonds. The molecule has 27 heavy (non-hydrogen) atoms. The van der Waals surface area contributed by atoms with Crippen molar-refractivity contribution in [2.45, 2.75) is 33.1 Å². The van der Waals surface area contributed by atoms with E-state index in [-0.39, 0.29) is 5.91 Å². The van der Waals surface area contributed by atoms with Crippen LogP contribution in [-0.2, 0) is 0 Å². The van der Waals surface area contributed by atoms with Gasteiger partial charge in [-0.2, -0.15) is 0 Å². The van der Waals surface area contributed by atoms with Crippen molar-refractivity contribution in [1.82, 2.24) is 9.97 Å². The largest absolute Gasteiger partial charge is 0.442 e. The van der Waals surface area contributed by atoms with Gasteiger partial charge < -0.3 is 14.2 Å². The number of hydrogen-bond acceptors (Lipinski definition) is 5. The lowest BCUT2D eigenvalue weighted by Crippen LogP contribution is -2.32. The van der Waals surface area contributed by atoms with E-state index in [1.807, 2.05) is 44.2 Å². The Labute approximate surface area is 158 Å². The lowest BCUT2D eigenvalue weighted by atomic mass is 10.1. The number of para-hydroxylation sites is 1. The topological polar surface area (TPSA) is 62.5 Å². The van der Waals surface area contributed by atoms with E-state index in [0.717, 1.165) is 42.8 Å². The van der Waals surface area contributed by atoms with E-state index < -0.39 is 0 Å². The highest BCUT2D eigenvalue weighted by Gasteiger charge is 2.28. The molecule has 1 saturated heterocycles. The molecule has 0 spiro atoms. The maximum absolute atomic E-state index is 13.5. The summed E-state index contributed by atoms with van der Waals surface area (Å²) >= 11 is 0. The predicted octanol–water partition coefficient (Wildman–Crippen LogP) is 4.19. The van der Waals surface area contributed by atoms with Crippen molar-refractivity contribution < 1.29 is 9.21 Å². The van der Waals surface area contributed by atoms with Crippen molar-refractivity contribution in [3.63, 3.8) is 0 Å². The molecular formula is C21H24N4O2. The fourth-order valence-electron chi connectivity index (χ4n) is 3.82. The SMILES string of the molecule is CCN(C(=O)c1c(C)oc2ncnc(N3CCCCC3)c12)c1ccccc1. The fraction of sp³-hybridized carbons (Fsp3) is 0.381. The normalized spacial score (nSPS) is 14.5. The molecule has 6 heteroatoms. The predicted molar refractivity (Wildman–Crippen MR) is 106 cm³/mol. The second-order valence-electron chi connectivity index (χ2n) is 6.84. The van der Waals surface area contributed by atoms with Gasteiger partial charge in [-0.3, -0.25) is 4.79 Å². The minimum absolute atomic E-state index is 0.0759. The van der Waals surface area contributed by atoms with Crippen molar-refractivity contribution in [2.24, 2.45) is 0 Å². The number of anilines is 2. The molecule has 1 aromatic carbocycles. The highest BCUT2D eigenvalue weighted by Crippen LogP contribution is 2.34. The van der Waals surface area contributed by atoms with Crippen molar-refractivity contribution in [3.05, 3.63) is 48.0 Å². The Bertz CT molecular complexity index is 945. The zero-order chi connectivity index (χ0) is 18.8. The lowest BCUT2D eigenvalue weighted by Gasteiger charge is -2.28. The zero-order valence-electron chi connectivity index (χ0n) is 15.8. The highest BCUT2D eigenvalue weighted by atomic mass is 16.3. The number of piperidine rings is 1. The van der Waals surface area contributed by atoms with Crippen LogP contribution in [-0.4, -0.2) is 35.5 Å². The molecule has 0 saturated carbocycles. The maximum Gasteiger partial charge on any atom is 0.262 e. The summed E-state index contributed by atoms with van der Waals surface area (Å²) in [7, 11) is 0. The lowest BCUT2D eigenvalue weighted by molar-refractivity contribution is 0.0988. The first-order valence-electron chi connectivity index (χ1n) is 9.56. The summed E-state index contributed by atoms with van der Waals surface area (Å²) in [5.41, 5.74) is 1.92. The van der Waals surface area contributed by atoms with Gasteiger partial charge in [-0.05, 0) is 45.2 Å². The van der Waals surface area contributed by atoms with E-state index in [4.69, 9.17) is 4.42 Å². The van der Waals surface area contributed by atoms with Gasteiger partial charge in [0.1, 0.15) is 17.9 Å². The third kappa shape index (κ3) is 3.16. The van der Waals surface area contributed by atoms with Crippen LogP contribution in [0, 0.1) is 6.92 Å². The first kappa shape index (κ1) is 17.5. The summed E-state index contributed by atoms with van der Waals surface area (Å²) in [5.74, 6) is 1.32. The third-order valence-electron chi connectivity index (χ3n) is 5.14. The van der Waals surface area contributed by atoms with Gasteiger partial charge in [0.2, 0.25) is 5.71 Å². The van der Waals surface area contributed by atoms with Crippen molar-refractivity contribution >= 4 is 28.5 Å². The van der Waals surface area contributed by atoms with Crippen LogP contribution < -0.4 is 9.80 Å². The molecular weight excluding hydrogens is 340 g/mol. The Balaban J connectivity index is 1.83. The van der Waals surface area contributed by atoms with Gasteiger partial charge in [0, 0.05) is 25.3 Å². The summed E-state index contributed by atoms with van der Waals surface area (Å²) in [6.45, 7) is 6.26. The summed E-state index contributed by atoms with van der Waals surface area (Å²) in [6, 6.07) is 9.71. The number of nitrogens with zero attached hydrogens (tertiary/aromatic N) is 4. The van der Waals surface area contributed by atoms with Gasteiger partial charge >= 0.3 is 0 Å². The van der Waals surface area contributed by atoms with E-state index >= 15 is 0 Å². The van der Waals surface area contributed by atoms with E-state index in [2.05, 4.69) is 14.9 Å². The molecule has 4 rings (SSSR count). The molecule has 0 atom stereocenters. The second-order valence-corrected chi connectivity index (χ2v) is 6.84. The number of carbonyl (C=O) groups is 1. The molecule has 3 aromatic rings. The number of benzene rings is 1. The van der Waals surface area contributed by atoms with Crippen LogP contribution in [0.4, 0.5) is 11.5 Å². The van der Waals surface area contributed by atoms with Gasteiger partial charge in [-0.15, -0.1) is 0 Å². The molecule has 0 aliphatic carbocycles. The minimum atomic E-state index is -0.0759. The number of carbonyl (C=O) groups excluding carboxylic acids is 1. The van der Waals surface area contributed by atoms with Crippen molar-refractivity contribution in [1.29, 1.82) is 0 Å². The third-order valence-corrected chi connectivity index (χ3v) is 5.14. The van der Waals surface area contributed by atoms with Crippen LogP contribution in [0.1, 0.15) is 42.3 Å². The number of fused-ring (bicyclic) bond motifs is 1. The van der Waals surface area contributed by atoms with Crippen LogP contribution in [0.3, 0.4) is 0 Å². The van der Waals surface area contributed by atoms with Gasteiger partial charge in [0.15, 0.2) is 0 Å². The van der Waals surface area contributed by atoms with Crippen molar-refractivity contribution in [2.75, 3.05) is 29.4 Å². The summed E-state index contributed by atoms with van der Waals surface area (Å²) in [6.07, 6.45) is 5.03. The number of hydrogen-bond donors (Lipinski definition) is 0. The molecule has 0 bridgehead atoms. The highest BCUT2D eigenvalue weighted by molar-refractivity contribution is 6.16. The Morgan fingerprint density at radius 3 is 2.59 bits per heavy atom. The Kier molecular flexibility index (Phi) is 4.79. The molecule has 0 N–H and O–H groups in total. The first-order valence-corrected chi connectivity index (χ1v) is 9.56. The number of aromatic nitrogens is 2. The van der Waals surface area contributed by atoms with Gasteiger partial charge in [-0.1, -0.05) is 18.2 Å². The molecule has 3 heterocycles. The smallest absolute Gasteiger partial charge is 0.262 e. The Morgan fingerprint density at radius 1 is 1.15 bits per heavy atom. The molecule has 1 aliphatic heterocycles. The summed E-state index contributed by atoms with van der Waals surface area (Å²) in [4.78, 5) is 26.3. The maximum atomic E-state index is 13.5. The fourth-order valence-corrected chi connectivity index (χ4v) is 3.82. The first-order chi connectivity index (χ1) is 13.2. The molecule has 6 nitrogen and oxygen atoms in total. The quantitative estimate of drug-likeness (QED) is 0.695. The van der Waals surface area contributed by atoms with Crippen LogP contribution >= 0.6 is 0 Å². The van der Waals surface area contributed by atoms with E-state index in [9.17, 15) is 4.79 Å². The number of amides is 1. The van der Waals surface area contributed by atoms with Crippen LogP contribution in [0.2, 0.25) is 0 Å². The Morgan fingerprint density at radius 2 is 1.89 bits per heavy atom. The van der Waals surface area contributed by atoms with Crippen LogP contribution in [0.15, 0.2) is 41.1 Å². The molecule has 1 aliphatic rings. The summed E-state index contributed by atoms with van der Waals surface area (Å²) < 4.78 is 5.86. The van der Waals surface area contributed by atoms with Gasteiger partial charge in [-0.25, -0.2) is 9.97 Å². The molecule has 0 radical (unpaired) electrons. The van der Waals surface area contributed by atoms with E-state index in [1.165, 1.54) is 12.7 Å². The molecule has 0 unspecified atom stereocenters. The average molecular weight is 364 g/mol. The van der Waals surface area contributed by atoms with E-state index in [1.54, 1.807) is 4.90 Å². The number of rotatable bonds is 4. The molecule has 140 valence electrons. The Hall–Kier alpha value is -2.89. The second kappa shape index (κ2) is 7.39. The summed E-state index contributed by atoms with van der Waals surface area (Å²) in [5, 5.41) is 0.733. The van der Waals surface area contributed by atoms with Crippen molar-refractivity contribution in [3.8, 4) is 0 Å².